The molecule has 0 unspecified atom stereocenters. The summed E-state index contributed by atoms with van der Waals surface area (Å²) in [5.74, 6) is 0. The van der Waals surface area contributed by atoms with Crippen LogP contribution in [0.25, 0.3) is 12.2 Å². The molecule has 1 aromatic rings. The van der Waals surface area contributed by atoms with Gasteiger partial charge in [0.1, 0.15) is 0 Å². The molecule has 0 fully saturated rings. The Balaban J connectivity index is 0. The lowest BCUT2D eigenvalue weighted by Crippen LogP contribution is -1.86. The van der Waals surface area contributed by atoms with Crippen LogP contribution in [0.15, 0.2) is 25.4 Å². The summed E-state index contributed by atoms with van der Waals surface area (Å²) in [5, 5.41) is 0. The molecule has 0 saturated heterocycles. The molecule has 1 heterocycles. The highest BCUT2D eigenvalue weighted by atomic mass is 14.7. The van der Waals surface area contributed by atoms with Crippen molar-refractivity contribution in [3.8, 4) is 0 Å². The van der Waals surface area contributed by atoms with Crippen LogP contribution in [0.4, 0.5) is 0 Å². The highest BCUT2D eigenvalue weighted by Crippen LogP contribution is 2.10. The minimum Gasteiger partial charge on any atom is -0.256 e. The maximum absolute atomic E-state index is 4.18. The van der Waals surface area contributed by atoms with E-state index in [1.807, 2.05) is 46.9 Å². The molecular weight excluding hydrogens is 182 g/mol. The molecule has 0 amide bonds. The van der Waals surface area contributed by atoms with Crippen molar-refractivity contribution in [2.75, 3.05) is 0 Å². The highest BCUT2D eigenvalue weighted by molar-refractivity contribution is 5.60. The van der Waals surface area contributed by atoms with Crippen LogP contribution in [0.2, 0.25) is 0 Å². The smallest absolute Gasteiger partial charge is 0.0696 e. The molecule has 84 valence electrons. The monoisotopic (exact) mass is 205 g/mol. The summed E-state index contributed by atoms with van der Waals surface area (Å²) in [4.78, 5) is 4.18. The molecule has 0 aliphatic rings. The SMILES string of the molecule is C=Cc1cc(C)cnc1C=C.CC.CC. The minimum atomic E-state index is 0.894. The van der Waals surface area contributed by atoms with Crippen molar-refractivity contribution >= 4 is 12.2 Å². The third-order valence-electron chi connectivity index (χ3n) is 1.50. The highest BCUT2D eigenvalue weighted by Gasteiger charge is 1.95. The molecule has 0 atom stereocenters. The topological polar surface area (TPSA) is 12.9 Å². The van der Waals surface area contributed by atoms with Crippen LogP contribution >= 0.6 is 0 Å². The lowest BCUT2D eigenvalue weighted by atomic mass is 10.1. The Labute approximate surface area is 94.6 Å². The van der Waals surface area contributed by atoms with Crippen molar-refractivity contribution in [2.45, 2.75) is 34.6 Å². The Morgan fingerprint density at radius 2 is 1.60 bits per heavy atom. The van der Waals surface area contributed by atoms with Crippen molar-refractivity contribution < 1.29 is 0 Å². The van der Waals surface area contributed by atoms with Gasteiger partial charge in [0.05, 0.1) is 5.69 Å². The van der Waals surface area contributed by atoms with Crippen molar-refractivity contribution in [3.05, 3.63) is 42.2 Å². The number of pyridine rings is 1. The first kappa shape index (κ1) is 16.1. The molecule has 1 heteroatoms. The Morgan fingerprint density at radius 3 is 2.00 bits per heavy atom. The molecule has 1 nitrogen and oxygen atoms in total. The van der Waals surface area contributed by atoms with Crippen molar-refractivity contribution in [3.63, 3.8) is 0 Å². The summed E-state index contributed by atoms with van der Waals surface area (Å²) >= 11 is 0. The minimum absolute atomic E-state index is 0.894. The van der Waals surface area contributed by atoms with Gasteiger partial charge in [-0.2, -0.15) is 0 Å². The maximum Gasteiger partial charge on any atom is 0.0696 e. The number of hydrogen-bond donors (Lipinski definition) is 0. The van der Waals surface area contributed by atoms with Gasteiger partial charge in [-0.25, -0.2) is 0 Å². The van der Waals surface area contributed by atoms with E-state index in [1.54, 1.807) is 12.2 Å². The van der Waals surface area contributed by atoms with Crippen LogP contribution in [0.3, 0.4) is 0 Å². The van der Waals surface area contributed by atoms with Gasteiger partial charge in [0.2, 0.25) is 0 Å². The second kappa shape index (κ2) is 10.7. The molecule has 0 aromatic carbocycles. The van der Waals surface area contributed by atoms with Crippen LogP contribution < -0.4 is 0 Å². The number of rotatable bonds is 2. The summed E-state index contributed by atoms with van der Waals surface area (Å²) in [6.07, 6.45) is 5.34. The maximum atomic E-state index is 4.18. The van der Waals surface area contributed by atoms with E-state index >= 15 is 0 Å². The lowest BCUT2D eigenvalue weighted by molar-refractivity contribution is 1.23. The Morgan fingerprint density at radius 1 is 1.07 bits per heavy atom. The molecule has 0 N–H and O–H groups in total. The summed E-state index contributed by atoms with van der Waals surface area (Å²) in [5.41, 5.74) is 3.08. The van der Waals surface area contributed by atoms with E-state index in [0.29, 0.717) is 0 Å². The molecule has 15 heavy (non-hydrogen) atoms. The van der Waals surface area contributed by atoms with Gasteiger partial charge in [-0.05, 0) is 30.2 Å². The molecule has 1 rings (SSSR count). The normalized spacial score (nSPS) is 7.53. The Hall–Kier alpha value is -1.37. The van der Waals surface area contributed by atoms with E-state index in [0.717, 1.165) is 16.8 Å². The standard InChI is InChI=1S/C10H11N.2C2H6/c1-4-9-6-8(3)7-11-10(9)5-2;2*1-2/h4-7H,1-2H2,3H3;2*1-2H3. The second-order valence-corrected chi connectivity index (χ2v) is 2.40. The van der Waals surface area contributed by atoms with Crippen molar-refractivity contribution in [1.82, 2.24) is 4.98 Å². The van der Waals surface area contributed by atoms with E-state index in [2.05, 4.69) is 18.1 Å². The predicted molar refractivity (Wildman–Crippen MR) is 71.9 cm³/mol. The van der Waals surface area contributed by atoms with Gasteiger partial charge in [-0.3, -0.25) is 4.98 Å². The quantitative estimate of drug-likeness (QED) is 0.680. The zero-order valence-electron chi connectivity index (χ0n) is 10.7. The van der Waals surface area contributed by atoms with Gasteiger partial charge in [0.25, 0.3) is 0 Å². The van der Waals surface area contributed by atoms with Gasteiger partial charge in [0, 0.05) is 6.20 Å². The number of aromatic nitrogens is 1. The van der Waals surface area contributed by atoms with E-state index in [9.17, 15) is 0 Å². The third kappa shape index (κ3) is 5.84. The van der Waals surface area contributed by atoms with Gasteiger partial charge < -0.3 is 0 Å². The van der Waals surface area contributed by atoms with Crippen LogP contribution in [-0.2, 0) is 0 Å². The zero-order chi connectivity index (χ0) is 12.3. The largest absolute Gasteiger partial charge is 0.256 e. The second-order valence-electron chi connectivity index (χ2n) is 2.40. The average molecular weight is 205 g/mol. The fourth-order valence-electron chi connectivity index (χ4n) is 0.936. The van der Waals surface area contributed by atoms with Gasteiger partial charge in [0.15, 0.2) is 0 Å². The zero-order valence-corrected chi connectivity index (χ0v) is 10.7. The third-order valence-corrected chi connectivity index (χ3v) is 1.50. The van der Waals surface area contributed by atoms with Crippen LogP contribution in [-0.4, -0.2) is 4.98 Å². The predicted octanol–water partition coefficient (Wildman–Crippen LogP) is 4.73. The first-order chi connectivity index (χ1) is 7.27. The number of hydrogen-bond acceptors (Lipinski definition) is 1. The molecule has 0 bridgehead atoms. The first-order valence-corrected chi connectivity index (χ1v) is 5.49. The fourth-order valence-corrected chi connectivity index (χ4v) is 0.936. The fraction of sp³-hybridized carbons (Fsp3) is 0.357. The lowest BCUT2D eigenvalue weighted by Gasteiger charge is -1.99. The molecule has 0 aliphatic heterocycles. The summed E-state index contributed by atoms with van der Waals surface area (Å²) < 4.78 is 0. The molecule has 0 radical (unpaired) electrons. The van der Waals surface area contributed by atoms with E-state index in [4.69, 9.17) is 0 Å². The Kier molecular flexibility index (Phi) is 11.5. The van der Waals surface area contributed by atoms with Crippen molar-refractivity contribution in [1.29, 1.82) is 0 Å². The summed E-state index contributed by atoms with van der Waals surface area (Å²) in [7, 11) is 0. The number of aryl methyl sites for hydroxylation is 1. The molecule has 0 aliphatic carbocycles. The van der Waals surface area contributed by atoms with E-state index in [-0.39, 0.29) is 0 Å². The van der Waals surface area contributed by atoms with Gasteiger partial charge in [-0.15, -0.1) is 0 Å². The van der Waals surface area contributed by atoms with Crippen LogP contribution in [0, 0.1) is 6.92 Å². The molecule has 1 aromatic heterocycles. The molecular formula is C14H23N. The van der Waals surface area contributed by atoms with Gasteiger partial charge in [-0.1, -0.05) is 46.9 Å². The molecule has 0 saturated carbocycles. The molecule has 0 spiro atoms. The average Bonchev–Trinajstić information content (AvgIpc) is 2.34. The van der Waals surface area contributed by atoms with Crippen LogP contribution in [0.1, 0.15) is 44.5 Å². The van der Waals surface area contributed by atoms with E-state index < -0.39 is 0 Å². The van der Waals surface area contributed by atoms with E-state index in [1.165, 1.54) is 0 Å². The van der Waals surface area contributed by atoms with Gasteiger partial charge >= 0.3 is 0 Å². The Bertz CT molecular complexity index is 287. The number of nitrogens with zero attached hydrogens (tertiary/aromatic N) is 1. The summed E-state index contributed by atoms with van der Waals surface area (Å²) in [6, 6.07) is 2.04. The first-order valence-electron chi connectivity index (χ1n) is 5.49. The van der Waals surface area contributed by atoms with Crippen molar-refractivity contribution in [2.24, 2.45) is 0 Å². The van der Waals surface area contributed by atoms with Crippen LogP contribution in [0.5, 0.6) is 0 Å². The summed E-state index contributed by atoms with van der Waals surface area (Å²) in [6.45, 7) is 17.4.